The van der Waals surface area contributed by atoms with E-state index in [1.807, 2.05) is 55.7 Å². The molecule has 3 saturated heterocycles. The Bertz CT molecular complexity index is 2270. The van der Waals surface area contributed by atoms with Gasteiger partial charge in [-0.3, -0.25) is 14.6 Å². The number of benzene rings is 2. The molecule has 2 unspecified atom stereocenters. The first-order chi connectivity index (χ1) is 29.8. The highest BCUT2D eigenvalue weighted by Gasteiger charge is 2.43. The Morgan fingerprint density at radius 1 is 0.790 bits per heavy atom. The largest absolute Gasteiger partial charge is 0.453 e. The normalized spacial score (nSPS) is 25.4. The van der Waals surface area contributed by atoms with E-state index in [0.717, 1.165) is 72.2 Å². The van der Waals surface area contributed by atoms with Gasteiger partial charge in [-0.15, -0.1) is 0 Å². The van der Waals surface area contributed by atoms with E-state index in [2.05, 4.69) is 56.2 Å². The van der Waals surface area contributed by atoms with Crippen LogP contribution in [0.3, 0.4) is 0 Å². The van der Waals surface area contributed by atoms with Gasteiger partial charge in [-0.2, -0.15) is 0 Å². The summed E-state index contributed by atoms with van der Waals surface area (Å²) >= 11 is 0. The molecule has 2 aromatic carbocycles. The Balaban J connectivity index is 1.02. The van der Waals surface area contributed by atoms with Gasteiger partial charge in [0.25, 0.3) is 0 Å². The van der Waals surface area contributed by atoms with Gasteiger partial charge in [0, 0.05) is 18.8 Å². The zero-order valence-electron chi connectivity index (χ0n) is 36.3. The second-order valence-corrected chi connectivity index (χ2v) is 17.7. The molecule has 1 aliphatic carbocycles. The molecule has 62 heavy (non-hydrogen) atoms. The number of methoxy groups -OCH3 is 2. The van der Waals surface area contributed by atoms with Crippen LogP contribution < -0.4 is 20.9 Å². The average molecular weight is 852 g/mol. The van der Waals surface area contributed by atoms with Crippen LogP contribution in [0.4, 0.5) is 19.7 Å². The molecule has 16 heteroatoms. The van der Waals surface area contributed by atoms with Crippen LogP contribution >= 0.6 is 0 Å². The second-order valence-electron chi connectivity index (χ2n) is 17.7. The highest BCUT2D eigenvalue weighted by Crippen LogP contribution is 2.44. The minimum Gasteiger partial charge on any atom is -0.453 e. The molecule has 3 aromatic rings. The number of carbonyl (C=O) groups excluding carboxylic acids is 4. The SMILES string of the molecule is COC(=O)N[C@H](C(=O)N1CCC[C@H]1C1=NC2C=CC([C@H]3CC[C@H](c4ccc5nc([C@@H]6CCCN6C(=O)[C@@H](NC(=O)OC)C(C)C)[nH]c5c4)N3c3ccc(F)cc3)=CC2N1)C(C)C. The lowest BCUT2D eigenvalue weighted by molar-refractivity contribution is -0.135. The topological polar surface area (TPSA) is 174 Å². The highest BCUT2D eigenvalue weighted by atomic mass is 19.1. The van der Waals surface area contributed by atoms with Crippen LogP contribution in [0.25, 0.3) is 11.0 Å². The summed E-state index contributed by atoms with van der Waals surface area (Å²) in [5.74, 6) is 0.630. The molecule has 5 aliphatic rings. The van der Waals surface area contributed by atoms with Gasteiger partial charge in [0.05, 0.1) is 61.5 Å². The van der Waals surface area contributed by atoms with Crippen LogP contribution in [0.5, 0.6) is 0 Å². The number of carbonyl (C=O) groups is 4. The van der Waals surface area contributed by atoms with E-state index in [1.165, 1.54) is 26.4 Å². The van der Waals surface area contributed by atoms with Crippen LogP contribution in [0.2, 0.25) is 0 Å². The molecule has 0 saturated carbocycles. The summed E-state index contributed by atoms with van der Waals surface area (Å²) in [6.45, 7) is 8.76. The number of alkyl carbamates (subject to hydrolysis) is 2. The number of aromatic nitrogens is 2. The number of H-pyrrole nitrogens is 1. The summed E-state index contributed by atoms with van der Waals surface area (Å²) in [6, 6.07) is 10.8. The molecule has 3 fully saturated rings. The van der Waals surface area contributed by atoms with Crippen LogP contribution in [0.1, 0.15) is 89.7 Å². The number of hydrogen-bond donors (Lipinski definition) is 4. The molecular formula is C46H58FN9O6. The molecule has 4 amide bonds. The van der Waals surface area contributed by atoms with E-state index >= 15 is 0 Å². The van der Waals surface area contributed by atoms with E-state index < -0.39 is 24.3 Å². The summed E-state index contributed by atoms with van der Waals surface area (Å²) in [7, 11) is 2.58. The van der Waals surface area contributed by atoms with Gasteiger partial charge in [0.2, 0.25) is 11.8 Å². The van der Waals surface area contributed by atoms with Crippen molar-refractivity contribution >= 4 is 46.6 Å². The lowest BCUT2D eigenvalue weighted by Gasteiger charge is -2.35. The van der Waals surface area contributed by atoms with Crippen LogP contribution in [-0.2, 0) is 19.1 Å². The number of likely N-dealkylation sites (tertiary alicyclic amines) is 2. The van der Waals surface area contributed by atoms with Gasteiger partial charge >= 0.3 is 12.2 Å². The lowest BCUT2D eigenvalue weighted by Crippen LogP contribution is -2.55. The monoisotopic (exact) mass is 851 g/mol. The summed E-state index contributed by atoms with van der Waals surface area (Å²) in [6.07, 6.45) is 10.2. The molecule has 8 rings (SSSR count). The summed E-state index contributed by atoms with van der Waals surface area (Å²) < 4.78 is 24.0. The van der Waals surface area contributed by atoms with Crippen molar-refractivity contribution in [2.45, 2.75) is 115 Å². The number of aromatic amines is 1. The number of fused-ring (bicyclic) bond motifs is 2. The van der Waals surface area contributed by atoms with Crippen molar-refractivity contribution in [2.24, 2.45) is 16.8 Å². The third kappa shape index (κ3) is 8.35. The standard InChI is InChI=1S/C46H58FN9O6/c1-25(2)39(52-45(59)61-5)43(57)54-21-7-9-37(54)41-48-31-17-11-27(23-33(31)50-41)35-19-20-36(56(35)30-15-13-29(47)14-16-30)28-12-18-32-34(24-28)51-42(49-32)38-10-8-22-55(38)44(58)40(26(3)4)53-46(60)62-6/h11-18,23-26,31,33,35-40H,7-10,19-22H2,1-6H3,(H,48,50)(H,49,51)(H,52,59)(H,53,60)/t31?,33?,35-,36-,37+,38+,39+,40+/m1/s1. The molecule has 0 bridgehead atoms. The molecule has 15 nitrogen and oxygen atoms in total. The van der Waals surface area contributed by atoms with Crippen molar-refractivity contribution < 1.29 is 33.0 Å². The minimum absolute atomic E-state index is 0.00662. The summed E-state index contributed by atoms with van der Waals surface area (Å²) in [5, 5.41) is 9.11. The number of hydrogen-bond acceptors (Lipinski definition) is 10. The Labute approximate surface area is 361 Å². The first-order valence-electron chi connectivity index (χ1n) is 21.9. The highest BCUT2D eigenvalue weighted by molar-refractivity contribution is 5.96. The first-order valence-corrected chi connectivity index (χ1v) is 21.9. The van der Waals surface area contributed by atoms with Crippen LogP contribution in [-0.4, -0.2) is 113 Å². The second kappa shape index (κ2) is 17.8. The van der Waals surface area contributed by atoms with E-state index in [4.69, 9.17) is 19.5 Å². The maximum absolute atomic E-state index is 14.4. The maximum Gasteiger partial charge on any atom is 0.407 e. The Kier molecular flexibility index (Phi) is 12.3. The average Bonchev–Trinajstić information content (AvgIpc) is 4.12. The number of amidine groups is 1. The maximum atomic E-state index is 14.4. The van der Waals surface area contributed by atoms with E-state index in [-0.39, 0.29) is 65.7 Å². The minimum atomic E-state index is -0.722. The quantitative estimate of drug-likeness (QED) is 0.179. The third-order valence-electron chi connectivity index (χ3n) is 13.1. The Hall–Kier alpha value is -5.93. The molecule has 0 spiro atoms. The van der Waals surface area contributed by atoms with Crippen LogP contribution in [0.15, 0.2) is 71.3 Å². The van der Waals surface area contributed by atoms with Gasteiger partial charge in [0.1, 0.15) is 29.6 Å². The number of halogens is 1. The number of nitrogens with one attached hydrogen (secondary N) is 4. The zero-order chi connectivity index (χ0) is 43.8. The fraction of sp³-hybridized carbons (Fsp3) is 0.522. The number of rotatable bonds is 11. The van der Waals surface area contributed by atoms with Crippen LogP contribution in [0, 0.1) is 17.7 Å². The first kappa shape index (κ1) is 42.7. The molecule has 330 valence electrons. The van der Waals surface area contributed by atoms with Crippen molar-refractivity contribution in [3.63, 3.8) is 0 Å². The Morgan fingerprint density at radius 3 is 2.03 bits per heavy atom. The van der Waals surface area contributed by atoms with Gasteiger partial charge in [-0.1, -0.05) is 52.0 Å². The van der Waals surface area contributed by atoms with Gasteiger partial charge < -0.3 is 45.1 Å². The van der Waals surface area contributed by atoms with E-state index in [1.54, 1.807) is 0 Å². The zero-order valence-corrected chi connectivity index (χ0v) is 36.3. The number of imidazole rings is 1. The van der Waals surface area contributed by atoms with Crippen molar-refractivity contribution in [1.82, 2.24) is 35.7 Å². The van der Waals surface area contributed by atoms with E-state index in [9.17, 15) is 23.6 Å². The third-order valence-corrected chi connectivity index (χ3v) is 13.1. The predicted octanol–water partition coefficient (Wildman–Crippen LogP) is 6.06. The number of amides is 4. The summed E-state index contributed by atoms with van der Waals surface area (Å²) in [4.78, 5) is 71.5. The fourth-order valence-electron chi connectivity index (χ4n) is 9.95. The van der Waals surface area contributed by atoms with E-state index in [0.29, 0.717) is 18.9 Å². The number of anilines is 1. The van der Waals surface area contributed by atoms with Crippen molar-refractivity contribution in [3.8, 4) is 0 Å². The fourth-order valence-corrected chi connectivity index (χ4v) is 9.95. The Morgan fingerprint density at radius 2 is 1.40 bits per heavy atom. The number of aliphatic imine (C=N–C) groups is 1. The molecule has 0 radical (unpaired) electrons. The lowest BCUT2D eigenvalue weighted by atomic mass is 9.93. The number of ether oxygens (including phenoxy) is 2. The predicted molar refractivity (Wildman–Crippen MR) is 233 cm³/mol. The van der Waals surface area contributed by atoms with Gasteiger partial charge in [-0.25, -0.2) is 19.0 Å². The van der Waals surface area contributed by atoms with Crippen molar-refractivity contribution in [3.05, 3.63) is 83.5 Å². The molecule has 5 heterocycles. The van der Waals surface area contributed by atoms with Gasteiger partial charge in [-0.05, 0) is 97.9 Å². The molecule has 1 aromatic heterocycles. The molecule has 4 aliphatic heterocycles. The van der Waals surface area contributed by atoms with Crippen molar-refractivity contribution in [1.29, 1.82) is 0 Å². The summed E-state index contributed by atoms with van der Waals surface area (Å²) in [5.41, 5.74) is 4.81. The smallest absolute Gasteiger partial charge is 0.407 e. The molecular weight excluding hydrogens is 794 g/mol. The van der Waals surface area contributed by atoms with Crippen molar-refractivity contribution in [2.75, 3.05) is 32.2 Å². The molecule has 4 N–H and O–H groups in total. The van der Waals surface area contributed by atoms with Gasteiger partial charge in [0.15, 0.2) is 0 Å². The molecule has 8 atom stereocenters. The number of nitrogens with zero attached hydrogens (tertiary/aromatic N) is 5.